The fourth-order valence-electron chi connectivity index (χ4n) is 2.87. The van der Waals surface area contributed by atoms with Crippen LogP contribution in [0.4, 0.5) is 4.79 Å². The summed E-state index contributed by atoms with van der Waals surface area (Å²) < 4.78 is 0. The van der Waals surface area contributed by atoms with E-state index in [0.29, 0.717) is 11.8 Å². The lowest BCUT2D eigenvalue weighted by atomic mass is 9.74. The average molecular weight is 316 g/mol. The number of hydrogen-bond donors (Lipinski definition) is 2. The van der Waals surface area contributed by atoms with Gasteiger partial charge in [0.15, 0.2) is 0 Å². The van der Waals surface area contributed by atoms with Gasteiger partial charge in [0.25, 0.3) is 0 Å². The molecular formula is C15H28N2O3S. The van der Waals surface area contributed by atoms with Crippen LogP contribution in [0.5, 0.6) is 0 Å². The SMILES string of the molecule is CCC1(CC)CCN(C(=O)N[C@@H](CCSC)C(=O)O)CC1. The summed E-state index contributed by atoms with van der Waals surface area (Å²) in [6, 6.07) is -1.02. The van der Waals surface area contributed by atoms with Crippen molar-refractivity contribution in [2.75, 3.05) is 25.1 Å². The van der Waals surface area contributed by atoms with Crippen molar-refractivity contribution in [1.82, 2.24) is 10.2 Å². The van der Waals surface area contributed by atoms with Crippen LogP contribution >= 0.6 is 11.8 Å². The molecule has 1 aliphatic heterocycles. The lowest BCUT2D eigenvalue weighted by Crippen LogP contribution is -2.51. The number of likely N-dealkylation sites (tertiary alicyclic amines) is 1. The first-order valence-corrected chi connectivity index (χ1v) is 9.14. The molecule has 1 aliphatic rings. The van der Waals surface area contributed by atoms with Crippen molar-refractivity contribution in [2.45, 2.75) is 52.0 Å². The Morgan fingerprint density at radius 3 is 2.29 bits per heavy atom. The van der Waals surface area contributed by atoms with Gasteiger partial charge in [-0.1, -0.05) is 26.7 Å². The molecule has 1 saturated heterocycles. The predicted molar refractivity (Wildman–Crippen MR) is 86.8 cm³/mol. The number of thioether (sulfide) groups is 1. The zero-order valence-electron chi connectivity index (χ0n) is 13.4. The van der Waals surface area contributed by atoms with Crippen LogP contribution in [0.15, 0.2) is 0 Å². The Morgan fingerprint density at radius 1 is 1.29 bits per heavy atom. The molecule has 0 saturated carbocycles. The number of nitrogens with zero attached hydrogens (tertiary/aromatic N) is 1. The van der Waals surface area contributed by atoms with Gasteiger partial charge in [0, 0.05) is 13.1 Å². The lowest BCUT2D eigenvalue weighted by Gasteiger charge is -2.41. The van der Waals surface area contributed by atoms with Crippen LogP contribution in [0.3, 0.4) is 0 Å². The normalized spacial score (nSPS) is 19.1. The molecule has 1 heterocycles. The number of nitrogens with one attached hydrogen (secondary N) is 1. The van der Waals surface area contributed by atoms with Crippen LogP contribution < -0.4 is 5.32 Å². The van der Waals surface area contributed by atoms with Gasteiger partial charge in [0.2, 0.25) is 0 Å². The number of carboxylic acid groups (broad SMARTS) is 1. The highest BCUT2D eigenvalue weighted by Gasteiger charge is 2.33. The zero-order chi connectivity index (χ0) is 15.9. The van der Waals surface area contributed by atoms with Crippen LogP contribution in [-0.2, 0) is 4.79 Å². The van der Waals surface area contributed by atoms with Crippen LogP contribution in [0.1, 0.15) is 46.0 Å². The first-order valence-electron chi connectivity index (χ1n) is 7.75. The summed E-state index contributed by atoms with van der Waals surface area (Å²) in [7, 11) is 0. The Morgan fingerprint density at radius 2 is 1.86 bits per heavy atom. The Hall–Kier alpha value is -0.910. The van der Waals surface area contributed by atoms with Crippen molar-refractivity contribution in [1.29, 1.82) is 0 Å². The standard InChI is InChI=1S/C15H28N2O3S/c1-4-15(5-2)7-9-17(10-8-15)14(20)16-12(13(18)19)6-11-21-3/h12H,4-11H2,1-3H3,(H,16,20)(H,18,19)/t12-/m0/s1. The van der Waals surface area contributed by atoms with E-state index in [-0.39, 0.29) is 6.03 Å². The first kappa shape index (κ1) is 18.1. The zero-order valence-corrected chi connectivity index (χ0v) is 14.2. The highest BCUT2D eigenvalue weighted by atomic mass is 32.2. The third-order valence-electron chi connectivity index (χ3n) is 4.82. The molecule has 1 rings (SSSR count). The Balaban J connectivity index is 2.51. The number of urea groups is 1. The van der Waals surface area contributed by atoms with Gasteiger partial charge in [-0.15, -0.1) is 0 Å². The van der Waals surface area contributed by atoms with Gasteiger partial charge >= 0.3 is 12.0 Å². The molecule has 1 fully saturated rings. The van der Waals surface area contributed by atoms with E-state index in [0.717, 1.165) is 44.5 Å². The summed E-state index contributed by atoms with van der Waals surface area (Å²) in [5.41, 5.74) is 0.363. The monoisotopic (exact) mass is 316 g/mol. The number of piperidine rings is 1. The molecule has 0 aromatic heterocycles. The molecule has 2 N–H and O–H groups in total. The van der Waals surface area contributed by atoms with E-state index >= 15 is 0 Å². The van der Waals surface area contributed by atoms with Gasteiger partial charge in [-0.3, -0.25) is 0 Å². The van der Waals surface area contributed by atoms with Gasteiger partial charge in [0.1, 0.15) is 6.04 Å². The van der Waals surface area contributed by atoms with Gasteiger partial charge in [-0.05, 0) is 36.7 Å². The molecule has 0 unspecified atom stereocenters. The number of hydrogen-bond acceptors (Lipinski definition) is 3. The number of amides is 2. The highest BCUT2D eigenvalue weighted by Crippen LogP contribution is 2.37. The first-order chi connectivity index (χ1) is 9.98. The van der Waals surface area contributed by atoms with Crippen molar-refractivity contribution >= 4 is 23.8 Å². The quantitative estimate of drug-likeness (QED) is 0.758. The summed E-state index contributed by atoms with van der Waals surface area (Å²) in [4.78, 5) is 25.1. The van der Waals surface area contributed by atoms with Crippen molar-refractivity contribution in [3.05, 3.63) is 0 Å². The number of carboxylic acids is 1. The summed E-state index contributed by atoms with van der Waals surface area (Å²) in [6.07, 6.45) is 6.70. The fourth-order valence-corrected chi connectivity index (χ4v) is 3.35. The molecule has 0 bridgehead atoms. The molecule has 0 aliphatic carbocycles. The molecule has 21 heavy (non-hydrogen) atoms. The maximum Gasteiger partial charge on any atom is 0.326 e. The molecule has 5 nitrogen and oxygen atoms in total. The van der Waals surface area contributed by atoms with Crippen LogP contribution in [-0.4, -0.2) is 53.1 Å². The van der Waals surface area contributed by atoms with Gasteiger partial charge in [-0.2, -0.15) is 11.8 Å². The van der Waals surface area contributed by atoms with Crippen molar-refractivity contribution in [3.8, 4) is 0 Å². The third kappa shape index (κ3) is 5.09. The highest BCUT2D eigenvalue weighted by molar-refractivity contribution is 7.98. The average Bonchev–Trinajstić information content (AvgIpc) is 2.51. The van der Waals surface area contributed by atoms with Crippen molar-refractivity contribution < 1.29 is 14.7 Å². The van der Waals surface area contributed by atoms with Gasteiger partial charge in [0.05, 0.1) is 0 Å². The smallest absolute Gasteiger partial charge is 0.326 e. The maximum absolute atomic E-state index is 12.2. The number of carbonyl (C=O) groups is 2. The maximum atomic E-state index is 12.2. The molecule has 1 atom stereocenters. The largest absolute Gasteiger partial charge is 0.480 e. The number of rotatable bonds is 7. The van der Waals surface area contributed by atoms with Crippen molar-refractivity contribution in [2.24, 2.45) is 5.41 Å². The minimum atomic E-state index is -0.953. The van der Waals surface area contributed by atoms with E-state index in [4.69, 9.17) is 5.11 Å². The summed E-state index contributed by atoms with van der Waals surface area (Å²) >= 11 is 1.59. The number of aliphatic carboxylic acids is 1. The molecule has 0 aromatic carbocycles. The Kier molecular flexibility index (Phi) is 7.35. The Labute approximate surface area is 131 Å². The minimum absolute atomic E-state index is 0.232. The summed E-state index contributed by atoms with van der Waals surface area (Å²) in [6.45, 7) is 5.87. The van der Waals surface area contributed by atoms with Gasteiger partial charge < -0.3 is 15.3 Å². The lowest BCUT2D eigenvalue weighted by molar-refractivity contribution is -0.139. The molecule has 2 amide bonds. The fraction of sp³-hybridized carbons (Fsp3) is 0.867. The topological polar surface area (TPSA) is 69.6 Å². The molecule has 0 spiro atoms. The predicted octanol–water partition coefficient (Wildman–Crippen LogP) is 2.80. The number of carbonyl (C=O) groups excluding carboxylic acids is 1. The molecule has 0 radical (unpaired) electrons. The van der Waals surface area contributed by atoms with E-state index in [9.17, 15) is 9.59 Å². The Bertz CT molecular complexity index is 349. The van der Waals surface area contributed by atoms with Crippen LogP contribution in [0.2, 0.25) is 0 Å². The van der Waals surface area contributed by atoms with E-state index in [1.165, 1.54) is 0 Å². The molecule has 122 valence electrons. The summed E-state index contributed by atoms with van der Waals surface area (Å²) in [5, 5.41) is 11.8. The molecule has 6 heteroatoms. The summed E-state index contributed by atoms with van der Waals surface area (Å²) in [5.74, 6) is -0.225. The molecular weight excluding hydrogens is 288 g/mol. The van der Waals surface area contributed by atoms with E-state index < -0.39 is 12.0 Å². The van der Waals surface area contributed by atoms with Crippen LogP contribution in [0.25, 0.3) is 0 Å². The second-order valence-corrected chi connectivity index (χ2v) is 6.80. The van der Waals surface area contributed by atoms with Crippen LogP contribution in [0, 0.1) is 5.41 Å². The van der Waals surface area contributed by atoms with Crippen molar-refractivity contribution in [3.63, 3.8) is 0 Å². The second kappa shape index (κ2) is 8.51. The van der Waals surface area contributed by atoms with E-state index in [1.54, 1.807) is 16.7 Å². The second-order valence-electron chi connectivity index (χ2n) is 5.82. The van der Waals surface area contributed by atoms with E-state index in [2.05, 4.69) is 19.2 Å². The molecule has 0 aromatic rings. The van der Waals surface area contributed by atoms with E-state index in [1.807, 2.05) is 6.26 Å². The minimum Gasteiger partial charge on any atom is -0.480 e. The van der Waals surface area contributed by atoms with Gasteiger partial charge in [-0.25, -0.2) is 9.59 Å². The third-order valence-corrected chi connectivity index (χ3v) is 5.46.